The van der Waals surface area contributed by atoms with Crippen molar-refractivity contribution >= 4 is 28.9 Å². The van der Waals surface area contributed by atoms with Gasteiger partial charge in [0, 0.05) is 15.8 Å². The minimum absolute atomic E-state index is 0.305. The molecule has 0 saturated carbocycles. The molecule has 1 amide bonds. The molecule has 1 aromatic carbocycles. The van der Waals surface area contributed by atoms with Gasteiger partial charge in [-0.2, -0.15) is 0 Å². The van der Waals surface area contributed by atoms with Gasteiger partial charge in [-0.25, -0.2) is 13.6 Å². The lowest BCUT2D eigenvalue weighted by molar-refractivity contribution is -0.123. The summed E-state index contributed by atoms with van der Waals surface area (Å²) in [5.41, 5.74) is 0.0875. The van der Waals surface area contributed by atoms with Crippen molar-refractivity contribution in [3.63, 3.8) is 0 Å². The molecule has 0 radical (unpaired) electrons. The molecule has 0 spiro atoms. The Labute approximate surface area is 136 Å². The molecule has 7 heteroatoms. The number of esters is 1. The topological polar surface area (TPSA) is 55.4 Å². The minimum atomic E-state index is -1.15. The Bertz CT molecular complexity index is 758. The highest BCUT2D eigenvalue weighted by atomic mass is 32.1. The van der Waals surface area contributed by atoms with Crippen LogP contribution in [0, 0.1) is 25.5 Å². The first-order chi connectivity index (χ1) is 10.8. The molecule has 2 aromatic rings. The summed E-state index contributed by atoms with van der Waals surface area (Å²) in [5.74, 6) is -2.83. The van der Waals surface area contributed by atoms with Crippen LogP contribution in [0.25, 0.3) is 0 Å². The van der Waals surface area contributed by atoms with Crippen LogP contribution in [0.3, 0.4) is 0 Å². The van der Waals surface area contributed by atoms with Crippen molar-refractivity contribution in [2.75, 3.05) is 5.32 Å². The molecular weight excluding hydrogens is 324 g/mol. The molecule has 1 heterocycles. The molecule has 1 N–H and O–H groups in total. The maximum atomic E-state index is 13.5. The highest BCUT2D eigenvalue weighted by Gasteiger charge is 2.22. The first-order valence-corrected chi connectivity index (χ1v) is 7.63. The number of anilines is 1. The number of amides is 1. The predicted molar refractivity (Wildman–Crippen MR) is 83.7 cm³/mol. The number of aryl methyl sites for hydroxylation is 2. The maximum absolute atomic E-state index is 13.5. The molecule has 23 heavy (non-hydrogen) atoms. The third-order valence-corrected chi connectivity index (χ3v) is 4.07. The zero-order valence-corrected chi connectivity index (χ0v) is 13.6. The molecule has 0 unspecified atom stereocenters. The summed E-state index contributed by atoms with van der Waals surface area (Å²) in [5, 5.41) is 2.20. The van der Waals surface area contributed by atoms with Crippen molar-refractivity contribution < 1.29 is 23.1 Å². The van der Waals surface area contributed by atoms with Gasteiger partial charge in [-0.1, -0.05) is 0 Å². The third-order valence-electron chi connectivity index (χ3n) is 3.10. The van der Waals surface area contributed by atoms with Gasteiger partial charge < -0.3 is 10.1 Å². The number of halogens is 2. The van der Waals surface area contributed by atoms with Crippen LogP contribution in [-0.2, 0) is 9.53 Å². The van der Waals surface area contributed by atoms with Crippen LogP contribution < -0.4 is 5.32 Å². The first-order valence-electron chi connectivity index (χ1n) is 6.82. The number of benzene rings is 1. The summed E-state index contributed by atoms with van der Waals surface area (Å²) in [4.78, 5) is 25.7. The van der Waals surface area contributed by atoms with Gasteiger partial charge in [0.15, 0.2) is 6.10 Å². The SMILES string of the molecule is Cc1cc(C(=O)O[C@@H](C)C(=O)Nc2cc(F)ccc2F)c(C)s1. The van der Waals surface area contributed by atoms with E-state index in [4.69, 9.17) is 4.74 Å². The van der Waals surface area contributed by atoms with Crippen molar-refractivity contribution in [3.8, 4) is 0 Å². The summed E-state index contributed by atoms with van der Waals surface area (Å²) < 4.78 is 31.6. The van der Waals surface area contributed by atoms with Gasteiger partial charge in [0.05, 0.1) is 11.3 Å². The van der Waals surface area contributed by atoms with Crippen molar-refractivity contribution in [3.05, 3.63) is 51.2 Å². The number of carbonyl (C=O) groups excluding carboxylic acids is 2. The highest BCUT2D eigenvalue weighted by molar-refractivity contribution is 7.12. The van der Waals surface area contributed by atoms with E-state index in [1.165, 1.54) is 18.3 Å². The van der Waals surface area contributed by atoms with Crippen LogP contribution in [0.5, 0.6) is 0 Å². The van der Waals surface area contributed by atoms with Crippen LogP contribution in [0.1, 0.15) is 27.0 Å². The van der Waals surface area contributed by atoms with Gasteiger partial charge in [-0.3, -0.25) is 4.79 Å². The largest absolute Gasteiger partial charge is 0.449 e. The number of ether oxygens (including phenoxy) is 1. The van der Waals surface area contributed by atoms with Crippen molar-refractivity contribution in [1.29, 1.82) is 0 Å². The van der Waals surface area contributed by atoms with E-state index in [1.807, 2.05) is 6.92 Å². The second-order valence-electron chi connectivity index (χ2n) is 4.99. The van der Waals surface area contributed by atoms with E-state index in [9.17, 15) is 18.4 Å². The van der Waals surface area contributed by atoms with E-state index >= 15 is 0 Å². The van der Waals surface area contributed by atoms with Gasteiger partial charge in [0.1, 0.15) is 11.6 Å². The van der Waals surface area contributed by atoms with Crippen molar-refractivity contribution in [2.45, 2.75) is 26.9 Å². The molecule has 0 aliphatic heterocycles. The number of carbonyl (C=O) groups is 2. The zero-order chi connectivity index (χ0) is 17.1. The maximum Gasteiger partial charge on any atom is 0.340 e. The number of hydrogen-bond donors (Lipinski definition) is 1. The van der Waals surface area contributed by atoms with Crippen LogP contribution in [0.15, 0.2) is 24.3 Å². The third kappa shape index (κ3) is 4.13. The van der Waals surface area contributed by atoms with Crippen LogP contribution >= 0.6 is 11.3 Å². The smallest absolute Gasteiger partial charge is 0.340 e. The summed E-state index contributed by atoms with van der Waals surface area (Å²) >= 11 is 1.45. The summed E-state index contributed by atoms with van der Waals surface area (Å²) in [6.07, 6.45) is -1.15. The van der Waals surface area contributed by atoms with E-state index in [2.05, 4.69) is 5.32 Å². The van der Waals surface area contributed by atoms with Gasteiger partial charge in [0.25, 0.3) is 5.91 Å². The molecule has 122 valence electrons. The average Bonchev–Trinajstić information content (AvgIpc) is 2.81. The molecule has 0 fully saturated rings. The monoisotopic (exact) mass is 339 g/mol. The molecule has 0 saturated heterocycles. The highest BCUT2D eigenvalue weighted by Crippen LogP contribution is 2.22. The first kappa shape index (κ1) is 17.1. The summed E-state index contributed by atoms with van der Waals surface area (Å²) in [6, 6.07) is 4.38. The lowest BCUT2D eigenvalue weighted by Crippen LogP contribution is -2.30. The fraction of sp³-hybridized carbons (Fsp3) is 0.250. The Kier molecular flexibility index (Phi) is 5.10. The second-order valence-corrected chi connectivity index (χ2v) is 6.45. The molecule has 1 aromatic heterocycles. The summed E-state index contributed by atoms with van der Waals surface area (Å²) in [7, 11) is 0. The second kappa shape index (κ2) is 6.87. The number of nitrogens with one attached hydrogen (secondary N) is 1. The van der Waals surface area contributed by atoms with E-state index in [0.29, 0.717) is 5.56 Å². The predicted octanol–water partition coefficient (Wildman–Crippen LogP) is 3.83. The fourth-order valence-electron chi connectivity index (χ4n) is 1.94. The van der Waals surface area contributed by atoms with Crippen LogP contribution in [0.4, 0.5) is 14.5 Å². The van der Waals surface area contributed by atoms with Gasteiger partial charge in [0.2, 0.25) is 0 Å². The van der Waals surface area contributed by atoms with Crippen molar-refractivity contribution in [2.24, 2.45) is 0 Å². The quantitative estimate of drug-likeness (QED) is 0.862. The number of hydrogen-bond acceptors (Lipinski definition) is 4. The van der Waals surface area contributed by atoms with Crippen molar-refractivity contribution in [1.82, 2.24) is 0 Å². The normalized spacial score (nSPS) is 11.9. The van der Waals surface area contributed by atoms with E-state index in [0.717, 1.165) is 28.0 Å². The molecule has 0 bridgehead atoms. The standard InChI is InChI=1S/C16H15F2NO3S/c1-8-6-12(10(3)23-8)16(21)22-9(2)15(20)19-14-7-11(17)4-5-13(14)18/h4-7,9H,1-3H3,(H,19,20)/t9-/m0/s1. The molecule has 4 nitrogen and oxygen atoms in total. The van der Waals surface area contributed by atoms with E-state index in [-0.39, 0.29) is 5.69 Å². The van der Waals surface area contributed by atoms with Crippen LogP contribution in [-0.4, -0.2) is 18.0 Å². The Morgan fingerprint density at radius 3 is 2.52 bits per heavy atom. The van der Waals surface area contributed by atoms with E-state index < -0.39 is 29.6 Å². The van der Waals surface area contributed by atoms with Crippen LogP contribution in [0.2, 0.25) is 0 Å². The molecule has 2 rings (SSSR count). The molecule has 0 aliphatic rings. The van der Waals surface area contributed by atoms with Gasteiger partial charge in [-0.15, -0.1) is 11.3 Å². The zero-order valence-electron chi connectivity index (χ0n) is 12.8. The fourth-order valence-corrected chi connectivity index (χ4v) is 2.85. The molecule has 1 atom stereocenters. The average molecular weight is 339 g/mol. The minimum Gasteiger partial charge on any atom is -0.449 e. The van der Waals surface area contributed by atoms with E-state index in [1.54, 1.807) is 13.0 Å². The van der Waals surface area contributed by atoms with Gasteiger partial charge in [-0.05, 0) is 39.0 Å². The Morgan fingerprint density at radius 2 is 1.91 bits per heavy atom. The number of thiophene rings is 1. The Morgan fingerprint density at radius 1 is 1.22 bits per heavy atom. The Balaban J connectivity index is 2.04. The van der Waals surface area contributed by atoms with Gasteiger partial charge >= 0.3 is 5.97 Å². The molecule has 0 aliphatic carbocycles. The lowest BCUT2D eigenvalue weighted by Gasteiger charge is -2.14. The number of rotatable bonds is 4. The summed E-state index contributed by atoms with van der Waals surface area (Å²) in [6.45, 7) is 5.00. The lowest BCUT2D eigenvalue weighted by atomic mass is 10.2. The Hall–Kier alpha value is -2.28. The molecular formula is C16H15F2NO3S.